The van der Waals surface area contributed by atoms with Gasteiger partial charge in [0.05, 0.1) is 13.7 Å². The van der Waals surface area contributed by atoms with E-state index < -0.39 is 15.9 Å². The Balaban J connectivity index is 1.97. The van der Waals surface area contributed by atoms with Gasteiger partial charge in [-0.1, -0.05) is 6.07 Å². The molecule has 1 amide bonds. The van der Waals surface area contributed by atoms with Crippen LogP contribution < -0.4 is 14.8 Å². The first-order valence-corrected chi connectivity index (χ1v) is 8.70. The molecule has 0 atom stereocenters. The van der Waals surface area contributed by atoms with Gasteiger partial charge in [-0.15, -0.1) is 0 Å². The number of carbonyl (C=O) groups excluding carboxylic acids is 1. The maximum absolute atomic E-state index is 12.4. The predicted octanol–water partition coefficient (Wildman–Crippen LogP) is 0.993. The third-order valence-corrected chi connectivity index (χ3v) is 4.69. The Hall–Kier alpha value is -2.45. The van der Waals surface area contributed by atoms with Crippen LogP contribution in [0.3, 0.4) is 0 Å². The fraction of sp³-hybridized carbons (Fsp3) is 0.250. The molecule has 0 aliphatic heterocycles. The van der Waals surface area contributed by atoms with E-state index in [2.05, 4.69) is 15.0 Å². The third kappa shape index (κ3) is 4.77. The lowest BCUT2D eigenvalue weighted by atomic mass is 10.2. The van der Waals surface area contributed by atoms with Crippen molar-refractivity contribution in [3.8, 4) is 5.75 Å². The van der Waals surface area contributed by atoms with E-state index in [1.54, 1.807) is 43.6 Å². The summed E-state index contributed by atoms with van der Waals surface area (Å²) >= 11 is 0. The van der Waals surface area contributed by atoms with Crippen LogP contribution in [0.5, 0.6) is 5.75 Å². The molecule has 0 bridgehead atoms. The standard InChI is InChI=1S/C16H19N3O4S/c1-12-3-4-14(23-2)15(9-12)24(21,22)19-11-16(20)18-10-13-5-7-17-8-6-13/h3-9,19H,10-11H2,1-2H3,(H,18,20). The number of aromatic nitrogens is 1. The zero-order chi connectivity index (χ0) is 17.6. The number of hydrogen-bond donors (Lipinski definition) is 2. The molecule has 0 aliphatic rings. The molecule has 0 saturated carbocycles. The smallest absolute Gasteiger partial charge is 0.244 e. The highest BCUT2D eigenvalue weighted by molar-refractivity contribution is 7.89. The van der Waals surface area contributed by atoms with E-state index in [1.807, 2.05) is 0 Å². The Bertz CT molecular complexity index is 807. The van der Waals surface area contributed by atoms with Crippen LogP contribution in [0.1, 0.15) is 11.1 Å². The van der Waals surface area contributed by atoms with E-state index in [4.69, 9.17) is 4.74 Å². The van der Waals surface area contributed by atoms with Crippen LogP contribution in [0.2, 0.25) is 0 Å². The lowest BCUT2D eigenvalue weighted by Crippen LogP contribution is -2.36. The molecule has 0 aliphatic carbocycles. The quantitative estimate of drug-likeness (QED) is 0.777. The van der Waals surface area contributed by atoms with Gasteiger partial charge in [-0.25, -0.2) is 13.1 Å². The Kier molecular flexibility index (Phi) is 5.88. The molecule has 8 heteroatoms. The van der Waals surface area contributed by atoms with E-state index in [0.717, 1.165) is 11.1 Å². The minimum Gasteiger partial charge on any atom is -0.495 e. The van der Waals surface area contributed by atoms with Crippen molar-refractivity contribution in [3.63, 3.8) is 0 Å². The average Bonchev–Trinajstić information content (AvgIpc) is 2.59. The number of benzene rings is 1. The average molecular weight is 349 g/mol. The highest BCUT2D eigenvalue weighted by Crippen LogP contribution is 2.24. The second-order valence-corrected chi connectivity index (χ2v) is 6.85. The summed E-state index contributed by atoms with van der Waals surface area (Å²) in [5.41, 5.74) is 1.65. The number of hydrogen-bond acceptors (Lipinski definition) is 5. The number of pyridine rings is 1. The van der Waals surface area contributed by atoms with Gasteiger partial charge in [0.1, 0.15) is 10.6 Å². The minimum atomic E-state index is -3.85. The van der Waals surface area contributed by atoms with Gasteiger partial charge in [0.15, 0.2) is 0 Å². The summed E-state index contributed by atoms with van der Waals surface area (Å²) < 4.78 is 32.1. The van der Waals surface area contributed by atoms with Crippen molar-refractivity contribution in [2.75, 3.05) is 13.7 Å². The maximum Gasteiger partial charge on any atom is 0.244 e. The summed E-state index contributed by atoms with van der Waals surface area (Å²) in [4.78, 5) is 15.7. The molecule has 1 aromatic carbocycles. The number of nitrogens with zero attached hydrogens (tertiary/aromatic N) is 1. The monoisotopic (exact) mass is 349 g/mol. The van der Waals surface area contributed by atoms with Crippen LogP contribution in [0.25, 0.3) is 0 Å². The van der Waals surface area contributed by atoms with Gasteiger partial charge >= 0.3 is 0 Å². The predicted molar refractivity (Wildman–Crippen MR) is 89.0 cm³/mol. The number of nitrogens with one attached hydrogen (secondary N) is 2. The van der Waals surface area contributed by atoms with E-state index in [-0.39, 0.29) is 17.2 Å². The van der Waals surface area contributed by atoms with Gasteiger partial charge < -0.3 is 10.1 Å². The Labute approximate surface area is 141 Å². The van der Waals surface area contributed by atoms with Crippen LogP contribution >= 0.6 is 0 Å². The SMILES string of the molecule is COc1ccc(C)cc1S(=O)(=O)NCC(=O)NCc1ccncc1. The fourth-order valence-electron chi connectivity index (χ4n) is 2.00. The molecular formula is C16H19N3O4S. The van der Waals surface area contributed by atoms with Gasteiger partial charge in [-0.3, -0.25) is 9.78 Å². The summed E-state index contributed by atoms with van der Waals surface area (Å²) in [5, 5.41) is 2.64. The molecule has 0 fully saturated rings. The first-order valence-electron chi connectivity index (χ1n) is 7.22. The molecule has 7 nitrogen and oxygen atoms in total. The van der Waals surface area contributed by atoms with Crippen LogP contribution in [0.15, 0.2) is 47.6 Å². The molecule has 1 aromatic heterocycles. The molecule has 1 heterocycles. The molecule has 2 aromatic rings. The highest BCUT2D eigenvalue weighted by atomic mass is 32.2. The minimum absolute atomic E-state index is 0.00642. The molecule has 0 radical (unpaired) electrons. The number of carbonyl (C=O) groups is 1. The molecule has 2 N–H and O–H groups in total. The van der Waals surface area contributed by atoms with Gasteiger partial charge in [0, 0.05) is 18.9 Å². The maximum atomic E-state index is 12.4. The highest BCUT2D eigenvalue weighted by Gasteiger charge is 2.20. The van der Waals surface area contributed by atoms with Crippen molar-refractivity contribution in [2.45, 2.75) is 18.4 Å². The number of amides is 1. The third-order valence-electron chi connectivity index (χ3n) is 3.27. The van der Waals surface area contributed by atoms with Crippen molar-refractivity contribution < 1.29 is 17.9 Å². The zero-order valence-electron chi connectivity index (χ0n) is 13.4. The lowest BCUT2D eigenvalue weighted by Gasteiger charge is -2.11. The second kappa shape index (κ2) is 7.89. The molecule has 24 heavy (non-hydrogen) atoms. The number of rotatable bonds is 7. The largest absolute Gasteiger partial charge is 0.495 e. The van der Waals surface area contributed by atoms with Gasteiger partial charge in [0.2, 0.25) is 15.9 Å². The van der Waals surface area contributed by atoms with E-state index in [0.29, 0.717) is 6.54 Å². The molecule has 0 spiro atoms. The molecule has 0 unspecified atom stereocenters. The number of ether oxygens (including phenoxy) is 1. The van der Waals surface area contributed by atoms with Crippen LogP contribution in [-0.2, 0) is 21.4 Å². The fourth-order valence-corrected chi connectivity index (χ4v) is 3.23. The first kappa shape index (κ1) is 17.9. The summed E-state index contributed by atoms with van der Waals surface area (Å²) in [6, 6.07) is 8.35. The Morgan fingerprint density at radius 3 is 2.58 bits per heavy atom. The van der Waals surface area contributed by atoms with Crippen LogP contribution in [0, 0.1) is 6.92 Å². The normalized spacial score (nSPS) is 11.1. The summed E-state index contributed by atoms with van der Waals surface area (Å²) in [5.74, 6) is -0.202. The number of methoxy groups -OCH3 is 1. The Morgan fingerprint density at radius 1 is 1.21 bits per heavy atom. The zero-order valence-corrected chi connectivity index (χ0v) is 14.3. The first-order chi connectivity index (χ1) is 11.4. The van der Waals surface area contributed by atoms with E-state index in [1.165, 1.54) is 13.2 Å². The van der Waals surface area contributed by atoms with E-state index >= 15 is 0 Å². The molecule has 2 rings (SSSR count). The van der Waals surface area contributed by atoms with Crippen LogP contribution in [-0.4, -0.2) is 33.0 Å². The summed E-state index contributed by atoms with van der Waals surface area (Å²) in [6.07, 6.45) is 3.24. The van der Waals surface area contributed by atoms with Gasteiger partial charge in [0.25, 0.3) is 0 Å². The van der Waals surface area contributed by atoms with Crippen molar-refractivity contribution >= 4 is 15.9 Å². The number of aryl methyl sites for hydroxylation is 1. The van der Waals surface area contributed by atoms with E-state index in [9.17, 15) is 13.2 Å². The summed E-state index contributed by atoms with van der Waals surface area (Å²) in [6.45, 7) is 1.72. The summed E-state index contributed by atoms with van der Waals surface area (Å²) in [7, 11) is -2.46. The van der Waals surface area contributed by atoms with Crippen molar-refractivity contribution in [1.82, 2.24) is 15.0 Å². The Morgan fingerprint density at radius 2 is 1.92 bits per heavy atom. The van der Waals surface area contributed by atoms with Gasteiger partial charge in [-0.05, 0) is 42.3 Å². The van der Waals surface area contributed by atoms with Gasteiger partial charge in [-0.2, -0.15) is 0 Å². The second-order valence-electron chi connectivity index (χ2n) is 5.11. The number of sulfonamides is 1. The van der Waals surface area contributed by atoms with Crippen molar-refractivity contribution in [3.05, 3.63) is 53.9 Å². The van der Waals surface area contributed by atoms with Crippen molar-refractivity contribution in [2.24, 2.45) is 0 Å². The van der Waals surface area contributed by atoms with Crippen LogP contribution in [0.4, 0.5) is 0 Å². The topological polar surface area (TPSA) is 97.4 Å². The molecule has 0 saturated heterocycles. The molecular weight excluding hydrogens is 330 g/mol. The lowest BCUT2D eigenvalue weighted by molar-refractivity contribution is -0.120. The van der Waals surface area contributed by atoms with Crippen molar-refractivity contribution in [1.29, 1.82) is 0 Å². The molecule has 128 valence electrons.